The largest absolute Gasteiger partial charge is 0.322 e. The average Bonchev–Trinajstić information content (AvgIpc) is 2.86. The van der Waals surface area contributed by atoms with Crippen molar-refractivity contribution >= 4 is 34.4 Å². The summed E-state index contributed by atoms with van der Waals surface area (Å²) in [5.41, 5.74) is 3.40. The number of benzene rings is 2. The maximum atomic E-state index is 6.03. The van der Waals surface area contributed by atoms with Crippen LogP contribution in [0.4, 0.5) is 0 Å². The molecule has 0 radical (unpaired) electrons. The van der Waals surface area contributed by atoms with E-state index in [1.807, 2.05) is 18.2 Å². The molecule has 0 bridgehead atoms. The van der Waals surface area contributed by atoms with E-state index >= 15 is 0 Å². The zero-order valence-electron chi connectivity index (χ0n) is 11.2. The molecule has 0 aliphatic carbocycles. The standard InChI is InChI=1S/C16H15ClN2S/c1-20-13-8-6-12(7-9-13)11-19-15-5-3-2-4-14(15)18-16(19)10-17/h2-9H,10-11H2,1H3. The van der Waals surface area contributed by atoms with E-state index in [1.165, 1.54) is 10.5 Å². The molecule has 0 unspecified atom stereocenters. The molecule has 1 heterocycles. The predicted octanol–water partition coefficient (Wildman–Crippen LogP) is 4.55. The fourth-order valence-electron chi connectivity index (χ4n) is 2.32. The molecule has 0 N–H and O–H groups in total. The van der Waals surface area contributed by atoms with Crippen LogP contribution in [-0.4, -0.2) is 15.8 Å². The number of alkyl halides is 1. The Labute approximate surface area is 127 Å². The molecule has 4 heteroatoms. The summed E-state index contributed by atoms with van der Waals surface area (Å²) in [5.74, 6) is 1.35. The van der Waals surface area contributed by atoms with Crippen molar-refractivity contribution in [1.29, 1.82) is 0 Å². The summed E-state index contributed by atoms with van der Waals surface area (Å²) < 4.78 is 2.19. The lowest BCUT2D eigenvalue weighted by Gasteiger charge is -2.08. The molecule has 1 aromatic heterocycles. The van der Waals surface area contributed by atoms with Gasteiger partial charge in [-0.3, -0.25) is 0 Å². The number of hydrogen-bond acceptors (Lipinski definition) is 2. The quantitative estimate of drug-likeness (QED) is 0.520. The topological polar surface area (TPSA) is 17.8 Å². The van der Waals surface area contributed by atoms with Crippen LogP contribution in [0.1, 0.15) is 11.4 Å². The molecule has 2 aromatic carbocycles. The van der Waals surface area contributed by atoms with E-state index in [0.29, 0.717) is 5.88 Å². The molecule has 0 atom stereocenters. The Hall–Kier alpha value is -1.45. The molecule has 0 aliphatic rings. The number of para-hydroxylation sites is 2. The third-order valence-corrected chi connectivity index (χ3v) is 4.34. The van der Waals surface area contributed by atoms with Crippen molar-refractivity contribution in [2.45, 2.75) is 17.3 Å². The first-order chi connectivity index (χ1) is 9.81. The Morgan fingerprint density at radius 2 is 1.85 bits per heavy atom. The second kappa shape index (κ2) is 5.90. The van der Waals surface area contributed by atoms with Gasteiger partial charge in [0, 0.05) is 11.4 Å². The van der Waals surface area contributed by atoms with Crippen LogP contribution >= 0.6 is 23.4 Å². The van der Waals surface area contributed by atoms with Crippen molar-refractivity contribution in [3.05, 3.63) is 59.9 Å². The van der Waals surface area contributed by atoms with Gasteiger partial charge in [-0.15, -0.1) is 23.4 Å². The van der Waals surface area contributed by atoms with Crippen molar-refractivity contribution in [2.24, 2.45) is 0 Å². The first-order valence-corrected chi connectivity index (χ1v) is 8.21. The molecular weight excluding hydrogens is 288 g/mol. The van der Waals surface area contributed by atoms with Gasteiger partial charge in [0.15, 0.2) is 0 Å². The maximum Gasteiger partial charge on any atom is 0.125 e. The summed E-state index contributed by atoms with van der Waals surface area (Å²) in [4.78, 5) is 5.87. The van der Waals surface area contributed by atoms with E-state index in [9.17, 15) is 0 Å². The van der Waals surface area contributed by atoms with E-state index in [2.05, 4.69) is 46.1 Å². The zero-order chi connectivity index (χ0) is 13.9. The van der Waals surface area contributed by atoms with Crippen LogP contribution in [-0.2, 0) is 12.4 Å². The number of hydrogen-bond donors (Lipinski definition) is 0. The number of fused-ring (bicyclic) bond motifs is 1. The van der Waals surface area contributed by atoms with Crippen LogP contribution in [0.2, 0.25) is 0 Å². The van der Waals surface area contributed by atoms with Gasteiger partial charge in [0.1, 0.15) is 5.82 Å². The fourth-order valence-corrected chi connectivity index (χ4v) is 2.93. The molecule has 3 aromatic rings. The Bertz CT molecular complexity index is 719. The Morgan fingerprint density at radius 1 is 1.10 bits per heavy atom. The molecule has 0 fully saturated rings. The zero-order valence-corrected chi connectivity index (χ0v) is 12.8. The minimum atomic E-state index is 0.428. The maximum absolute atomic E-state index is 6.03. The molecule has 0 spiro atoms. The number of rotatable bonds is 4. The van der Waals surface area contributed by atoms with Gasteiger partial charge >= 0.3 is 0 Å². The molecule has 0 saturated heterocycles. The van der Waals surface area contributed by atoms with Gasteiger partial charge in [-0.05, 0) is 36.1 Å². The molecule has 102 valence electrons. The molecular formula is C16H15ClN2S. The van der Waals surface area contributed by atoms with Crippen LogP contribution in [0.3, 0.4) is 0 Å². The van der Waals surface area contributed by atoms with Gasteiger partial charge in [-0.25, -0.2) is 4.98 Å². The van der Waals surface area contributed by atoms with E-state index in [0.717, 1.165) is 23.4 Å². The third kappa shape index (κ3) is 2.56. The van der Waals surface area contributed by atoms with Crippen molar-refractivity contribution in [2.75, 3.05) is 6.26 Å². The lowest BCUT2D eigenvalue weighted by atomic mass is 10.2. The Morgan fingerprint density at radius 3 is 2.55 bits per heavy atom. The second-order valence-electron chi connectivity index (χ2n) is 4.58. The number of thioether (sulfide) groups is 1. The molecule has 0 saturated carbocycles. The first kappa shape index (κ1) is 13.5. The van der Waals surface area contributed by atoms with Gasteiger partial charge < -0.3 is 4.57 Å². The number of aromatic nitrogens is 2. The second-order valence-corrected chi connectivity index (χ2v) is 5.73. The van der Waals surface area contributed by atoms with Crippen LogP contribution in [0.5, 0.6) is 0 Å². The number of nitrogens with zero attached hydrogens (tertiary/aromatic N) is 2. The Kier molecular flexibility index (Phi) is 3.99. The SMILES string of the molecule is CSc1ccc(Cn2c(CCl)nc3ccccc32)cc1. The summed E-state index contributed by atoms with van der Waals surface area (Å²) >= 11 is 7.79. The summed E-state index contributed by atoms with van der Waals surface area (Å²) in [5, 5.41) is 0. The predicted molar refractivity (Wildman–Crippen MR) is 86.6 cm³/mol. The normalized spacial score (nSPS) is 11.1. The number of halogens is 1. The smallest absolute Gasteiger partial charge is 0.125 e. The fraction of sp³-hybridized carbons (Fsp3) is 0.188. The van der Waals surface area contributed by atoms with Crippen molar-refractivity contribution in [3.63, 3.8) is 0 Å². The van der Waals surface area contributed by atoms with E-state index < -0.39 is 0 Å². The number of imidazole rings is 1. The van der Waals surface area contributed by atoms with Gasteiger partial charge in [-0.2, -0.15) is 0 Å². The molecule has 20 heavy (non-hydrogen) atoms. The van der Waals surface area contributed by atoms with E-state index in [-0.39, 0.29) is 0 Å². The highest BCUT2D eigenvalue weighted by Crippen LogP contribution is 2.20. The lowest BCUT2D eigenvalue weighted by Crippen LogP contribution is -2.03. The van der Waals surface area contributed by atoms with E-state index in [1.54, 1.807) is 11.8 Å². The van der Waals surface area contributed by atoms with Gasteiger partial charge in [0.25, 0.3) is 0 Å². The summed E-state index contributed by atoms with van der Waals surface area (Å²) in [6.45, 7) is 0.803. The van der Waals surface area contributed by atoms with Gasteiger partial charge in [0.05, 0.1) is 16.9 Å². The van der Waals surface area contributed by atoms with Gasteiger partial charge in [-0.1, -0.05) is 24.3 Å². The highest BCUT2D eigenvalue weighted by molar-refractivity contribution is 7.98. The lowest BCUT2D eigenvalue weighted by molar-refractivity contribution is 0.778. The third-order valence-electron chi connectivity index (χ3n) is 3.35. The van der Waals surface area contributed by atoms with Crippen molar-refractivity contribution in [1.82, 2.24) is 9.55 Å². The van der Waals surface area contributed by atoms with Gasteiger partial charge in [0.2, 0.25) is 0 Å². The van der Waals surface area contributed by atoms with Crippen molar-refractivity contribution in [3.8, 4) is 0 Å². The first-order valence-electron chi connectivity index (χ1n) is 6.45. The van der Waals surface area contributed by atoms with Crippen LogP contribution in [0.15, 0.2) is 53.4 Å². The monoisotopic (exact) mass is 302 g/mol. The molecule has 0 aliphatic heterocycles. The Balaban J connectivity index is 2.00. The molecule has 0 amide bonds. The summed E-state index contributed by atoms with van der Waals surface area (Å²) in [6.07, 6.45) is 2.09. The van der Waals surface area contributed by atoms with Crippen LogP contribution in [0.25, 0.3) is 11.0 Å². The van der Waals surface area contributed by atoms with E-state index in [4.69, 9.17) is 11.6 Å². The minimum absolute atomic E-state index is 0.428. The van der Waals surface area contributed by atoms with Crippen LogP contribution < -0.4 is 0 Å². The summed E-state index contributed by atoms with van der Waals surface area (Å²) in [6, 6.07) is 16.8. The highest BCUT2D eigenvalue weighted by Gasteiger charge is 2.09. The highest BCUT2D eigenvalue weighted by atomic mass is 35.5. The van der Waals surface area contributed by atoms with Crippen molar-refractivity contribution < 1.29 is 0 Å². The van der Waals surface area contributed by atoms with Crippen LogP contribution in [0, 0.1) is 0 Å². The molecule has 3 rings (SSSR count). The average molecular weight is 303 g/mol. The molecule has 2 nitrogen and oxygen atoms in total. The minimum Gasteiger partial charge on any atom is -0.322 e. The summed E-state index contributed by atoms with van der Waals surface area (Å²) in [7, 11) is 0.